The molecule has 10 heteroatoms. The molecule has 0 aromatic heterocycles. The summed E-state index contributed by atoms with van der Waals surface area (Å²) >= 11 is 4.24. The number of nitrogens with zero attached hydrogens (tertiary/aromatic N) is 1. The van der Waals surface area contributed by atoms with Gasteiger partial charge in [0.2, 0.25) is 11.8 Å². The predicted octanol–water partition coefficient (Wildman–Crippen LogP) is 4.08. The molecule has 0 heterocycles. The first kappa shape index (κ1) is 32.7. The third-order valence-electron chi connectivity index (χ3n) is 5.56. The number of rotatable bonds is 10. The van der Waals surface area contributed by atoms with E-state index in [1.54, 1.807) is 71.9 Å². The highest BCUT2D eigenvalue weighted by atomic mass is 32.1. The maximum atomic E-state index is 13.8. The van der Waals surface area contributed by atoms with Crippen LogP contribution in [0, 0.1) is 0 Å². The number of nitrogens with one attached hydrogen (secondary N) is 2. The lowest BCUT2D eigenvalue weighted by molar-refractivity contribution is -0.159. The monoisotopic (exact) mass is 571 g/mol. The van der Waals surface area contributed by atoms with Gasteiger partial charge in [0.15, 0.2) is 0 Å². The number of likely N-dealkylation sites (N-methyl/N-ethyl adjacent to an activating group) is 1. The van der Waals surface area contributed by atoms with E-state index in [2.05, 4.69) is 23.3 Å². The van der Waals surface area contributed by atoms with Gasteiger partial charge in [-0.1, -0.05) is 60.7 Å². The first-order valence-corrected chi connectivity index (χ1v) is 13.7. The molecule has 2 N–H and O–H groups in total. The molecule has 9 nitrogen and oxygen atoms in total. The molecule has 2 aromatic carbocycles. The SMILES string of the molecule is CN(C(=O)C(CS)NC(=O)OC(C)(C)C)C(C(=O)NC(Cc1ccccc1)C(=O)OC(C)(C)C)c1ccccc1. The molecular weight excluding hydrogens is 530 g/mol. The van der Waals surface area contributed by atoms with E-state index >= 15 is 0 Å². The molecule has 0 bridgehead atoms. The number of benzene rings is 2. The smallest absolute Gasteiger partial charge is 0.408 e. The second-order valence-corrected chi connectivity index (χ2v) is 11.8. The van der Waals surface area contributed by atoms with Crippen LogP contribution in [0.15, 0.2) is 60.7 Å². The number of ether oxygens (including phenoxy) is 2. The topological polar surface area (TPSA) is 114 Å². The van der Waals surface area contributed by atoms with Gasteiger partial charge in [0.05, 0.1) is 0 Å². The Bertz CT molecular complexity index is 1150. The van der Waals surface area contributed by atoms with Gasteiger partial charge >= 0.3 is 12.1 Å². The van der Waals surface area contributed by atoms with Crippen molar-refractivity contribution >= 4 is 36.5 Å². The fourth-order valence-electron chi connectivity index (χ4n) is 3.86. The normalized spacial score (nSPS) is 13.8. The van der Waals surface area contributed by atoms with Crippen molar-refractivity contribution in [2.75, 3.05) is 12.8 Å². The summed E-state index contributed by atoms with van der Waals surface area (Å²) in [6, 6.07) is 14.8. The van der Waals surface area contributed by atoms with Crippen molar-refractivity contribution < 1.29 is 28.7 Å². The molecule has 3 unspecified atom stereocenters. The summed E-state index contributed by atoms with van der Waals surface area (Å²) in [6.07, 6.45) is -0.581. The Balaban J connectivity index is 2.37. The van der Waals surface area contributed by atoms with Crippen LogP contribution < -0.4 is 10.6 Å². The summed E-state index contributed by atoms with van der Waals surface area (Å²) in [6.45, 7) is 10.4. The van der Waals surface area contributed by atoms with Crippen LogP contribution in [-0.2, 0) is 30.3 Å². The number of hydrogen-bond acceptors (Lipinski definition) is 7. The first-order chi connectivity index (χ1) is 18.6. The Morgan fingerprint density at radius 2 is 1.32 bits per heavy atom. The molecule has 0 saturated heterocycles. The minimum atomic E-state index is -1.11. The fraction of sp³-hybridized carbons (Fsp3) is 0.467. The van der Waals surface area contributed by atoms with Crippen molar-refractivity contribution in [2.24, 2.45) is 0 Å². The second-order valence-electron chi connectivity index (χ2n) is 11.4. The largest absolute Gasteiger partial charge is 0.458 e. The van der Waals surface area contributed by atoms with E-state index in [4.69, 9.17) is 9.47 Å². The quantitative estimate of drug-likeness (QED) is 0.293. The maximum absolute atomic E-state index is 13.8. The number of alkyl carbamates (subject to hydrolysis) is 1. The van der Waals surface area contributed by atoms with Crippen molar-refractivity contribution in [1.29, 1.82) is 0 Å². The molecule has 0 spiro atoms. The Kier molecular flexibility index (Phi) is 11.6. The molecule has 0 aliphatic rings. The predicted molar refractivity (Wildman–Crippen MR) is 157 cm³/mol. The summed E-state index contributed by atoms with van der Waals surface area (Å²) < 4.78 is 10.9. The van der Waals surface area contributed by atoms with Gasteiger partial charge in [0.1, 0.15) is 29.3 Å². The van der Waals surface area contributed by atoms with Crippen LogP contribution in [0.4, 0.5) is 4.79 Å². The molecule has 0 saturated carbocycles. The lowest BCUT2D eigenvalue weighted by atomic mass is 10.0. The number of esters is 1. The highest BCUT2D eigenvalue weighted by Crippen LogP contribution is 2.22. The Morgan fingerprint density at radius 3 is 1.82 bits per heavy atom. The third kappa shape index (κ3) is 10.6. The Hall–Kier alpha value is -3.53. The number of carbonyl (C=O) groups is 4. The van der Waals surface area contributed by atoms with E-state index in [1.165, 1.54) is 11.9 Å². The highest BCUT2D eigenvalue weighted by molar-refractivity contribution is 7.80. The van der Waals surface area contributed by atoms with Gasteiger partial charge in [-0.05, 0) is 52.7 Å². The molecule has 3 amide bonds. The lowest BCUT2D eigenvalue weighted by Crippen LogP contribution is -2.54. The van der Waals surface area contributed by atoms with E-state index in [9.17, 15) is 19.2 Å². The van der Waals surface area contributed by atoms with Crippen LogP contribution in [0.1, 0.15) is 58.7 Å². The molecule has 0 fully saturated rings. The zero-order chi connectivity index (χ0) is 30.1. The molecule has 0 aliphatic carbocycles. The van der Waals surface area contributed by atoms with Crippen LogP contribution >= 0.6 is 12.6 Å². The van der Waals surface area contributed by atoms with Crippen molar-refractivity contribution in [3.05, 3.63) is 71.8 Å². The Labute approximate surface area is 242 Å². The van der Waals surface area contributed by atoms with Gasteiger partial charge in [-0.3, -0.25) is 9.59 Å². The third-order valence-corrected chi connectivity index (χ3v) is 5.93. The molecular formula is C30H41N3O6S. The van der Waals surface area contributed by atoms with E-state index in [0.717, 1.165) is 5.56 Å². The van der Waals surface area contributed by atoms with Gasteiger partial charge in [0.25, 0.3) is 0 Å². The van der Waals surface area contributed by atoms with Crippen molar-refractivity contribution in [3.63, 3.8) is 0 Å². The van der Waals surface area contributed by atoms with Crippen LogP contribution in [0.25, 0.3) is 0 Å². The Morgan fingerprint density at radius 1 is 0.800 bits per heavy atom. The molecule has 2 aromatic rings. The van der Waals surface area contributed by atoms with Crippen molar-refractivity contribution in [1.82, 2.24) is 15.5 Å². The maximum Gasteiger partial charge on any atom is 0.408 e. The minimum Gasteiger partial charge on any atom is -0.458 e. The van der Waals surface area contributed by atoms with Crippen molar-refractivity contribution in [2.45, 2.75) is 77.3 Å². The average Bonchev–Trinajstić information content (AvgIpc) is 2.85. The fourth-order valence-corrected chi connectivity index (χ4v) is 4.11. The highest BCUT2D eigenvalue weighted by Gasteiger charge is 2.36. The van der Waals surface area contributed by atoms with Gasteiger partial charge in [-0.2, -0.15) is 12.6 Å². The summed E-state index contributed by atoms with van der Waals surface area (Å²) in [4.78, 5) is 54.1. The number of hydrogen-bond donors (Lipinski definition) is 3. The van der Waals surface area contributed by atoms with Gasteiger partial charge in [-0.15, -0.1) is 0 Å². The minimum absolute atomic E-state index is 0.0277. The van der Waals surface area contributed by atoms with E-state index in [1.807, 2.05) is 30.3 Å². The van der Waals surface area contributed by atoms with Crippen LogP contribution in [0.2, 0.25) is 0 Å². The summed E-state index contributed by atoms with van der Waals surface area (Å²) in [7, 11) is 1.46. The van der Waals surface area contributed by atoms with E-state index < -0.39 is 53.2 Å². The zero-order valence-corrected chi connectivity index (χ0v) is 25.2. The van der Waals surface area contributed by atoms with Crippen LogP contribution in [0.5, 0.6) is 0 Å². The molecule has 0 aliphatic heterocycles. The van der Waals surface area contributed by atoms with Crippen LogP contribution in [0.3, 0.4) is 0 Å². The second kappa shape index (κ2) is 14.2. The van der Waals surface area contributed by atoms with Gasteiger partial charge in [0, 0.05) is 19.2 Å². The van der Waals surface area contributed by atoms with Gasteiger partial charge in [-0.25, -0.2) is 9.59 Å². The first-order valence-electron chi connectivity index (χ1n) is 13.1. The zero-order valence-electron chi connectivity index (χ0n) is 24.3. The summed E-state index contributed by atoms with van der Waals surface area (Å²) in [5.74, 6) is -1.75. The van der Waals surface area contributed by atoms with Crippen LogP contribution in [-0.4, -0.2) is 64.9 Å². The van der Waals surface area contributed by atoms with E-state index in [0.29, 0.717) is 5.56 Å². The summed E-state index contributed by atoms with van der Waals surface area (Å²) in [5.41, 5.74) is -0.179. The summed E-state index contributed by atoms with van der Waals surface area (Å²) in [5, 5.41) is 5.34. The number of carbonyl (C=O) groups excluding carboxylic acids is 4. The average molecular weight is 572 g/mol. The lowest BCUT2D eigenvalue weighted by Gasteiger charge is -2.32. The molecule has 40 heavy (non-hydrogen) atoms. The molecule has 3 atom stereocenters. The molecule has 0 radical (unpaired) electrons. The van der Waals surface area contributed by atoms with Crippen molar-refractivity contribution in [3.8, 4) is 0 Å². The number of amides is 3. The number of thiol groups is 1. The van der Waals surface area contributed by atoms with E-state index in [-0.39, 0.29) is 12.2 Å². The standard InChI is InChI=1S/C30H41N3O6S/c1-29(2,3)38-27(36)22(18-20-14-10-8-11-15-20)31-25(34)24(21-16-12-9-13-17-21)33(7)26(35)23(19-40)32-28(37)39-30(4,5)6/h8-17,22-24,40H,18-19H2,1-7H3,(H,31,34)(H,32,37). The van der Waals surface area contributed by atoms with Gasteiger partial charge < -0.3 is 25.0 Å². The molecule has 2 rings (SSSR count). The molecule has 218 valence electrons.